The van der Waals surface area contributed by atoms with Crippen molar-refractivity contribution in [2.24, 2.45) is 0 Å². The van der Waals surface area contributed by atoms with Crippen LogP contribution in [0.5, 0.6) is 17.2 Å². The first kappa shape index (κ1) is 18.9. The van der Waals surface area contributed by atoms with E-state index in [4.69, 9.17) is 14.2 Å². The third kappa shape index (κ3) is 3.33. The molecule has 0 aliphatic heterocycles. The topological polar surface area (TPSA) is 68.2 Å². The molecule has 24 heavy (non-hydrogen) atoms. The van der Waals surface area contributed by atoms with E-state index in [0.717, 1.165) is 24.8 Å². The lowest BCUT2D eigenvalue weighted by Crippen LogP contribution is -2.35. The standard InChI is InChI=1S/C19H30O5/c1-5-6-7-8-9-10-19(21)14-12-15(22-2)18(24-4)17(23-3)13(14)11-16(19)20/h12,16,20-21H,5-11H2,1-4H3. The van der Waals surface area contributed by atoms with Crippen molar-refractivity contribution < 1.29 is 24.4 Å². The van der Waals surface area contributed by atoms with Crippen LogP contribution in [-0.2, 0) is 12.0 Å². The van der Waals surface area contributed by atoms with Crippen LogP contribution in [0.2, 0.25) is 0 Å². The van der Waals surface area contributed by atoms with Crippen LogP contribution < -0.4 is 14.2 Å². The SMILES string of the molecule is CCCCCCCC1(O)c2cc(OC)c(OC)c(OC)c2CC1O. The molecule has 5 nitrogen and oxygen atoms in total. The molecule has 0 bridgehead atoms. The number of rotatable bonds is 9. The van der Waals surface area contributed by atoms with E-state index in [-0.39, 0.29) is 0 Å². The number of hydrogen-bond acceptors (Lipinski definition) is 5. The molecule has 0 spiro atoms. The van der Waals surface area contributed by atoms with Crippen molar-refractivity contribution in [1.82, 2.24) is 0 Å². The van der Waals surface area contributed by atoms with Gasteiger partial charge in [0.05, 0.1) is 27.4 Å². The van der Waals surface area contributed by atoms with Gasteiger partial charge in [-0.1, -0.05) is 39.0 Å². The fourth-order valence-corrected chi connectivity index (χ4v) is 3.65. The summed E-state index contributed by atoms with van der Waals surface area (Å²) in [6, 6.07) is 1.78. The molecule has 1 aliphatic rings. The molecule has 0 radical (unpaired) electrons. The van der Waals surface area contributed by atoms with E-state index in [1.807, 2.05) is 0 Å². The molecule has 2 atom stereocenters. The molecule has 1 aromatic rings. The van der Waals surface area contributed by atoms with Crippen LogP contribution in [0.15, 0.2) is 6.07 Å². The zero-order valence-electron chi connectivity index (χ0n) is 15.2. The van der Waals surface area contributed by atoms with Crippen molar-refractivity contribution >= 4 is 0 Å². The lowest BCUT2D eigenvalue weighted by molar-refractivity contribution is -0.0747. The van der Waals surface area contributed by atoms with Crippen molar-refractivity contribution in [3.63, 3.8) is 0 Å². The molecule has 2 unspecified atom stereocenters. The summed E-state index contributed by atoms with van der Waals surface area (Å²) in [6.07, 6.45) is 5.52. The zero-order chi connectivity index (χ0) is 17.7. The second kappa shape index (κ2) is 8.08. The third-order valence-corrected chi connectivity index (χ3v) is 5.01. The average Bonchev–Trinajstić information content (AvgIpc) is 2.84. The molecule has 0 aromatic heterocycles. The van der Waals surface area contributed by atoms with Crippen LogP contribution in [0.1, 0.15) is 56.6 Å². The van der Waals surface area contributed by atoms with Gasteiger partial charge in [0.15, 0.2) is 11.5 Å². The number of methoxy groups -OCH3 is 3. The predicted octanol–water partition coefficient (Wildman–Crippen LogP) is 3.18. The molecular formula is C19H30O5. The fraction of sp³-hybridized carbons (Fsp3) is 0.684. The molecule has 0 heterocycles. The van der Waals surface area contributed by atoms with Crippen LogP contribution in [0, 0.1) is 0 Å². The van der Waals surface area contributed by atoms with Gasteiger partial charge >= 0.3 is 0 Å². The summed E-state index contributed by atoms with van der Waals surface area (Å²) in [6.45, 7) is 2.18. The summed E-state index contributed by atoms with van der Waals surface area (Å²) in [5.74, 6) is 1.54. The van der Waals surface area contributed by atoms with Crippen LogP contribution in [0.25, 0.3) is 0 Å². The Kier molecular flexibility index (Phi) is 6.35. The molecular weight excluding hydrogens is 308 g/mol. The lowest BCUT2D eigenvalue weighted by atomic mass is 9.87. The summed E-state index contributed by atoms with van der Waals surface area (Å²) in [5, 5.41) is 21.7. The number of aliphatic hydroxyl groups excluding tert-OH is 1. The first-order valence-corrected chi connectivity index (χ1v) is 8.76. The van der Waals surface area contributed by atoms with E-state index in [0.29, 0.717) is 35.7 Å². The monoisotopic (exact) mass is 338 g/mol. The Labute approximate surface area is 144 Å². The maximum atomic E-state index is 11.2. The van der Waals surface area contributed by atoms with Gasteiger partial charge in [-0.2, -0.15) is 0 Å². The Hall–Kier alpha value is -1.46. The zero-order valence-corrected chi connectivity index (χ0v) is 15.2. The van der Waals surface area contributed by atoms with Gasteiger partial charge in [-0.3, -0.25) is 0 Å². The Morgan fingerprint density at radius 1 is 1.04 bits per heavy atom. The summed E-state index contributed by atoms with van der Waals surface area (Å²) < 4.78 is 16.3. The maximum Gasteiger partial charge on any atom is 0.203 e. The predicted molar refractivity (Wildman–Crippen MR) is 93.1 cm³/mol. The van der Waals surface area contributed by atoms with Gasteiger partial charge in [0.1, 0.15) is 5.60 Å². The minimum absolute atomic E-state index is 0.352. The summed E-state index contributed by atoms with van der Waals surface area (Å²) >= 11 is 0. The summed E-state index contributed by atoms with van der Waals surface area (Å²) in [7, 11) is 4.67. The van der Waals surface area contributed by atoms with Crippen molar-refractivity contribution in [1.29, 1.82) is 0 Å². The van der Waals surface area contributed by atoms with Crippen molar-refractivity contribution in [2.75, 3.05) is 21.3 Å². The quantitative estimate of drug-likeness (QED) is 0.677. The van der Waals surface area contributed by atoms with Crippen molar-refractivity contribution in [3.8, 4) is 17.2 Å². The molecule has 5 heteroatoms. The number of benzene rings is 1. The smallest absolute Gasteiger partial charge is 0.203 e. The summed E-state index contributed by atoms with van der Waals surface area (Å²) in [4.78, 5) is 0. The number of unbranched alkanes of at least 4 members (excludes halogenated alkanes) is 4. The fourth-order valence-electron chi connectivity index (χ4n) is 3.65. The molecule has 0 amide bonds. The van der Waals surface area contributed by atoms with E-state index in [1.54, 1.807) is 27.4 Å². The molecule has 2 N–H and O–H groups in total. The van der Waals surface area contributed by atoms with E-state index in [2.05, 4.69) is 6.92 Å². The first-order chi connectivity index (χ1) is 11.5. The molecule has 136 valence electrons. The number of aliphatic hydroxyl groups is 2. The molecule has 0 saturated heterocycles. The van der Waals surface area contributed by atoms with Gasteiger partial charge in [-0.25, -0.2) is 0 Å². The second-order valence-electron chi connectivity index (χ2n) is 6.48. The molecule has 2 rings (SSSR count). The van der Waals surface area contributed by atoms with E-state index >= 15 is 0 Å². The van der Waals surface area contributed by atoms with E-state index < -0.39 is 11.7 Å². The van der Waals surface area contributed by atoms with Gasteiger partial charge in [0.2, 0.25) is 5.75 Å². The van der Waals surface area contributed by atoms with Gasteiger partial charge in [0, 0.05) is 12.0 Å². The third-order valence-electron chi connectivity index (χ3n) is 5.01. The second-order valence-corrected chi connectivity index (χ2v) is 6.48. The van der Waals surface area contributed by atoms with E-state index in [9.17, 15) is 10.2 Å². The van der Waals surface area contributed by atoms with E-state index in [1.165, 1.54) is 12.8 Å². The largest absolute Gasteiger partial charge is 0.493 e. The first-order valence-electron chi connectivity index (χ1n) is 8.76. The van der Waals surface area contributed by atoms with Crippen LogP contribution in [0.3, 0.4) is 0 Å². The normalized spacial score (nSPS) is 22.3. The Morgan fingerprint density at radius 2 is 1.71 bits per heavy atom. The highest BCUT2D eigenvalue weighted by Gasteiger charge is 2.47. The minimum atomic E-state index is -1.26. The van der Waals surface area contributed by atoms with Gasteiger partial charge < -0.3 is 24.4 Å². The summed E-state index contributed by atoms with van der Waals surface area (Å²) in [5.41, 5.74) is 0.243. The van der Waals surface area contributed by atoms with Gasteiger partial charge in [-0.15, -0.1) is 0 Å². The van der Waals surface area contributed by atoms with Crippen LogP contribution >= 0.6 is 0 Å². The number of hydrogen-bond donors (Lipinski definition) is 2. The maximum absolute atomic E-state index is 11.2. The number of fused-ring (bicyclic) bond motifs is 1. The Balaban J connectivity index is 2.32. The minimum Gasteiger partial charge on any atom is -0.493 e. The highest BCUT2D eigenvalue weighted by molar-refractivity contribution is 5.62. The number of ether oxygens (including phenoxy) is 3. The van der Waals surface area contributed by atoms with Gasteiger partial charge in [0.25, 0.3) is 0 Å². The molecule has 0 fully saturated rings. The lowest BCUT2D eigenvalue weighted by Gasteiger charge is -2.28. The molecule has 1 aromatic carbocycles. The van der Waals surface area contributed by atoms with Crippen LogP contribution in [0.4, 0.5) is 0 Å². The molecule has 1 aliphatic carbocycles. The molecule has 0 saturated carbocycles. The van der Waals surface area contributed by atoms with Crippen LogP contribution in [-0.4, -0.2) is 37.6 Å². The Morgan fingerprint density at radius 3 is 2.29 bits per heavy atom. The highest BCUT2D eigenvalue weighted by atomic mass is 16.5. The highest BCUT2D eigenvalue weighted by Crippen LogP contribution is 2.51. The van der Waals surface area contributed by atoms with Crippen molar-refractivity contribution in [2.45, 2.75) is 63.6 Å². The van der Waals surface area contributed by atoms with Crippen molar-refractivity contribution in [3.05, 3.63) is 17.2 Å². The Bertz CT molecular complexity index is 557. The van der Waals surface area contributed by atoms with Gasteiger partial charge in [-0.05, 0) is 18.1 Å². The average molecular weight is 338 g/mol.